The van der Waals surface area contributed by atoms with Gasteiger partial charge < -0.3 is 0 Å². The largest absolute Gasteiger partial charge is 0.0922 e. The maximum Gasteiger partial charge on any atom is 0.00880 e. The van der Waals surface area contributed by atoms with Crippen molar-refractivity contribution in [2.45, 2.75) is 52.4 Å². The summed E-state index contributed by atoms with van der Waals surface area (Å²) < 4.78 is 0. The zero-order chi connectivity index (χ0) is 9.03. The monoisotopic (exact) mass is 232 g/mol. The Morgan fingerprint density at radius 2 is 1.83 bits per heavy atom. The lowest BCUT2D eigenvalue weighted by molar-refractivity contribution is 0.121. The van der Waals surface area contributed by atoms with Crippen LogP contribution in [-0.4, -0.2) is 5.33 Å². The van der Waals surface area contributed by atoms with Gasteiger partial charge in [0.25, 0.3) is 0 Å². The van der Waals surface area contributed by atoms with Crippen LogP contribution < -0.4 is 0 Å². The van der Waals surface area contributed by atoms with Crippen molar-refractivity contribution in [3.05, 3.63) is 0 Å². The summed E-state index contributed by atoms with van der Waals surface area (Å²) >= 11 is 3.67. The van der Waals surface area contributed by atoms with Crippen LogP contribution >= 0.6 is 15.9 Å². The van der Waals surface area contributed by atoms with Gasteiger partial charge in [-0.25, -0.2) is 0 Å². The summed E-state index contributed by atoms with van der Waals surface area (Å²) in [5.74, 6) is 0.975. The molecule has 0 N–H and O–H groups in total. The van der Waals surface area contributed by atoms with E-state index in [9.17, 15) is 0 Å². The molecule has 0 aliphatic heterocycles. The maximum absolute atomic E-state index is 3.67. The van der Waals surface area contributed by atoms with Crippen LogP contribution in [0.4, 0.5) is 0 Å². The van der Waals surface area contributed by atoms with Crippen LogP contribution in [0.5, 0.6) is 0 Å². The molecule has 0 aromatic heterocycles. The summed E-state index contributed by atoms with van der Waals surface area (Å²) in [7, 11) is 0. The van der Waals surface area contributed by atoms with Crippen molar-refractivity contribution in [2.24, 2.45) is 11.3 Å². The van der Waals surface area contributed by atoms with Gasteiger partial charge in [-0.05, 0) is 30.6 Å². The fraction of sp³-hybridized carbons (Fsp3) is 1.00. The minimum atomic E-state index is 0.705. The van der Waals surface area contributed by atoms with Crippen LogP contribution in [0.1, 0.15) is 52.4 Å². The summed E-state index contributed by atoms with van der Waals surface area (Å²) in [5.41, 5.74) is 0.705. The predicted octanol–water partition coefficient (Wildman–Crippen LogP) is 4.38. The fourth-order valence-electron chi connectivity index (χ4n) is 2.26. The van der Waals surface area contributed by atoms with Crippen molar-refractivity contribution in [1.82, 2.24) is 0 Å². The first-order valence-corrected chi connectivity index (χ1v) is 6.44. The molecule has 0 bridgehead atoms. The normalized spacial score (nSPS) is 21.0. The summed E-state index contributed by atoms with van der Waals surface area (Å²) in [6.45, 7) is 4.66. The molecule has 0 unspecified atom stereocenters. The van der Waals surface area contributed by atoms with Gasteiger partial charge in [0, 0.05) is 5.33 Å². The van der Waals surface area contributed by atoms with E-state index in [1.807, 2.05) is 0 Å². The van der Waals surface area contributed by atoms with E-state index in [1.54, 1.807) is 0 Å². The van der Waals surface area contributed by atoms with E-state index in [-0.39, 0.29) is 0 Å². The van der Waals surface area contributed by atoms with Crippen molar-refractivity contribution in [2.75, 3.05) is 5.33 Å². The van der Waals surface area contributed by atoms with E-state index in [0.717, 1.165) is 5.92 Å². The average molecular weight is 233 g/mol. The molecule has 0 saturated heterocycles. The Kier molecular flexibility index (Phi) is 4.09. The minimum absolute atomic E-state index is 0.705. The topological polar surface area (TPSA) is 0 Å². The van der Waals surface area contributed by atoms with Gasteiger partial charge in [0.15, 0.2) is 0 Å². The molecule has 0 heterocycles. The number of halogens is 1. The number of hydrogen-bond acceptors (Lipinski definition) is 0. The SMILES string of the molecule is CCC(CC)CC1(CBr)CCC1. The number of rotatable bonds is 5. The highest BCUT2D eigenvalue weighted by Crippen LogP contribution is 2.47. The van der Waals surface area contributed by atoms with Gasteiger partial charge in [-0.2, -0.15) is 0 Å². The van der Waals surface area contributed by atoms with Gasteiger partial charge in [-0.3, -0.25) is 0 Å². The molecular formula is C11H21Br. The van der Waals surface area contributed by atoms with Crippen LogP contribution in [0, 0.1) is 11.3 Å². The highest BCUT2D eigenvalue weighted by atomic mass is 79.9. The first-order valence-electron chi connectivity index (χ1n) is 5.32. The van der Waals surface area contributed by atoms with E-state index in [4.69, 9.17) is 0 Å². The smallest absolute Gasteiger partial charge is 0.00880 e. The lowest BCUT2D eigenvalue weighted by Gasteiger charge is -2.42. The van der Waals surface area contributed by atoms with Gasteiger partial charge in [0.05, 0.1) is 0 Å². The van der Waals surface area contributed by atoms with E-state index in [1.165, 1.54) is 43.9 Å². The van der Waals surface area contributed by atoms with Gasteiger partial charge in [-0.1, -0.05) is 49.0 Å². The van der Waals surface area contributed by atoms with E-state index in [2.05, 4.69) is 29.8 Å². The third-order valence-corrected chi connectivity index (χ3v) is 4.76. The van der Waals surface area contributed by atoms with Crippen molar-refractivity contribution in [1.29, 1.82) is 0 Å². The van der Waals surface area contributed by atoms with Crippen LogP contribution in [-0.2, 0) is 0 Å². The maximum atomic E-state index is 3.67. The Bertz CT molecular complexity index is 117. The van der Waals surface area contributed by atoms with Crippen LogP contribution in [0.2, 0.25) is 0 Å². The standard InChI is InChI=1S/C11H21Br/c1-3-10(4-2)8-11(9-12)6-5-7-11/h10H,3-9H2,1-2H3. The number of alkyl halides is 1. The van der Waals surface area contributed by atoms with E-state index < -0.39 is 0 Å². The fourth-order valence-corrected chi connectivity index (χ4v) is 3.05. The molecule has 72 valence electrons. The van der Waals surface area contributed by atoms with Crippen molar-refractivity contribution in [3.8, 4) is 0 Å². The van der Waals surface area contributed by atoms with E-state index in [0.29, 0.717) is 5.41 Å². The molecule has 0 nitrogen and oxygen atoms in total. The van der Waals surface area contributed by atoms with Gasteiger partial charge in [0.1, 0.15) is 0 Å². The van der Waals surface area contributed by atoms with Crippen LogP contribution in [0.3, 0.4) is 0 Å². The average Bonchev–Trinajstić information content (AvgIpc) is 2.05. The molecule has 0 atom stereocenters. The molecule has 1 heteroatoms. The molecule has 0 radical (unpaired) electrons. The molecule has 1 aliphatic rings. The Hall–Kier alpha value is 0.480. The zero-order valence-electron chi connectivity index (χ0n) is 8.41. The van der Waals surface area contributed by atoms with E-state index >= 15 is 0 Å². The Labute approximate surface area is 85.3 Å². The molecule has 12 heavy (non-hydrogen) atoms. The second-order valence-corrected chi connectivity index (χ2v) is 4.93. The van der Waals surface area contributed by atoms with Crippen LogP contribution in [0.15, 0.2) is 0 Å². The van der Waals surface area contributed by atoms with Crippen LogP contribution in [0.25, 0.3) is 0 Å². The summed E-state index contributed by atoms with van der Waals surface area (Å²) in [5, 5.41) is 1.23. The quantitative estimate of drug-likeness (QED) is 0.618. The third-order valence-electron chi connectivity index (χ3n) is 3.57. The first kappa shape index (κ1) is 10.6. The van der Waals surface area contributed by atoms with Gasteiger partial charge >= 0.3 is 0 Å². The molecule has 1 rings (SSSR count). The molecule has 1 saturated carbocycles. The third kappa shape index (κ3) is 2.25. The summed E-state index contributed by atoms with van der Waals surface area (Å²) in [6, 6.07) is 0. The molecule has 0 spiro atoms. The zero-order valence-corrected chi connectivity index (χ0v) is 9.99. The first-order chi connectivity index (χ1) is 5.76. The molecule has 0 aromatic rings. The van der Waals surface area contributed by atoms with Crippen molar-refractivity contribution >= 4 is 15.9 Å². The molecule has 1 fully saturated rings. The predicted molar refractivity (Wildman–Crippen MR) is 58.8 cm³/mol. The molecule has 0 aromatic carbocycles. The van der Waals surface area contributed by atoms with Crippen molar-refractivity contribution in [3.63, 3.8) is 0 Å². The minimum Gasteiger partial charge on any atom is -0.0922 e. The highest BCUT2D eigenvalue weighted by Gasteiger charge is 2.36. The molecular weight excluding hydrogens is 212 g/mol. The van der Waals surface area contributed by atoms with Crippen molar-refractivity contribution < 1.29 is 0 Å². The Morgan fingerprint density at radius 3 is 2.08 bits per heavy atom. The summed E-state index contributed by atoms with van der Waals surface area (Å²) in [6.07, 6.45) is 8.59. The highest BCUT2D eigenvalue weighted by molar-refractivity contribution is 9.09. The second-order valence-electron chi connectivity index (χ2n) is 4.37. The number of hydrogen-bond donors (Lipinski definition) is 0. The Balaban J connectivity index is 2.35. The molecule has 1 aliphatic carbocycles. The molecule has 0 amide bonds. The lowest BCUT2D eigenvalue weighted by Crippen LogP contribution is -2.33. The Morgan fingerprint density at radius 1 is 1.25 bits per heavy atom. The van der Waals surface area contributed by atoms with Gasteiger partial charge in [-0.15, -0.1) is 0 Å². The summed E-state index contributed by atoms with van der Waals surface area (Å²) in [4.78, 5) is 0. The lowest BCUT2D eigenvalue weighted by atomic mass is 9.65. The van der Waals surface area contributed by atoms with Gasteiger partial charge in [0.2, 0.25) is 0 Å². The second kappa shape index (κ2) is 4.64.